The van der Waals surface area contributed by atoms with Crippen molar-refractivity contribution in [1.82, 2.24) is 0 Å². The van der Waals surface area contributed by atoms with Gasteiger partial charge in [0.15, 0.2) is 4.87 Å². The Balaban J connectivity index is 2.91. The van der Waals surface area contributed by atoms with Crippen LogP contribution in [0.4, 0.5) is 0 Å². The van der Waals surface area contributed by atoms with Gasteiger partial charge in [0.2, 0.25) is 0 Å². The van der Waals surface area contributed by atoms with Gasteiger partial charge in [-0.3, -0.25) is 0 Å². The van der Waals surface area contributed by atoms with E-state index in [-0.39, 0.29) is 5.92 Å². The van der Waals surface area contributed by atoms with Crippen molar-refractivity contribution in [1.29, 1.82) is 0 Å². The van der Waals surface area contributed by atoms with Crippen molar-refractivity contribution in [2.45, 2.75) is 38.2 Å². The summed E-state index contributed by atoms with van der Waals surface area (Å²) in [7, 11) is 0. The first-order valence-electron chi connectivity index (χ1n) is 5.14. The second-order valence-electron chi connectivity index (χ2n) is 4.90. The lowest BCUT2D eigenvalue weighted by molar-refractivity contribution is -0.157. The third-order valence-electron chi connectivity index (χ3n) is 2.35. The van der Waals surface area contributed by atoms with E-state index in [4.69, 9.17) is 27.9 Å². The molecule has 0 saturated heterocycles. The highest BCUT2D eigenvalue weighted by molar-refractivity contribution is 6.38. The van der Waals surface area contributed by atoms with Gasteiger partial charge in [-0.05, 0) is 26.8 Å². The van der Waals surface area contributed by atoms with Gasteiger partial charge >= 0.3 is 5.97 Å². The molecule has 0 fully saturated rings. The third kappa shape index (κ3) is 2.80. The number of carbonyl (C=O) groups excluding carboxylic acids is 1. The minimum absolute atomic E-state index is 0.282. The second kappa shape index (κ2) is 4.42. The van der Waals surface area contributed by atoms with E-state index < -0.39 is 16.4 Å². The van der Waals surface area contributed by atoms with Crippen molar-refractivity contribution in [3.05, 3.63) is 23.3 Å². The number of hydrogen-bond donors (Lipinski definition) is 0. The molecule has 0 N–H and O–H groups in total. The summed E-state index contributed by atoms with van der Waals surface area (Å²) in [5.41, 5.74) is -0.555. The molecule has 2 nitrogen and oxygen atoms in total. The minimum atomic E-state index is -1.20. The number of ether oxygens (including phenoxy) is 1. The number of rotatable bonds is 1. The van der Waals surface area contributed by atoms with Gasteiger partial charge < -0.3 is 4.74 Å². The molecule has 2 unspecified atom stereocenters. The molecule has 0 radical (unpaired) electrons. The monoisotopic (exact) mass is 262 g/mol. The molecule has 0 aromatic heterocycles. The molecule has 90 valence electrons. The lowest BCUT2D eigenvalue weighted by Crippen LogP contribution is -2.43. The molecule has 0 aromatic carbocycles. The molecule has 0 heterocycles. The summed E-state index contributed by atoms with van der Waals surface area (Å²) in [6.07, 6.45) is 5.04. The lowest BCUT2D eigenvalue weighted by Gasteiger charge is -2.33. The Labute approximate surface area is 106 Å². The SMILES string of the molecule is CC1C(Cl)=CC=CC1(Cl)C(=O)OC(C)(C)C. The van der Waals surface area contributed by atoms with Crippen LogP contribution in [-0.2, 0) is 9.53 Å². The van der Waals surface area contributed by atoms with E-state index in [1.165, 1.54) is 0 Å². The van der Waals surface area contributed by atoms with E-state index in [2.05, 4.69) is 0 Å². The Kier molecular flexibility index (Phi) is 3.76. The first-order valence-corrected chi connectivity index (χ1v) is 5.89. The summed E-state index contributed by atoms with van der Waals surface area (Å²) >= 11 is 12.3. The third-order valence-corrected chi connectivity index (χ3v) is 3.41. The Hall–Kier alpha value is -0.470. The Morgan fingerprint density at radius 2 is 2.06 bits per heavy atom. The number of alkyl halides is 1. The van der Waals surface area contributed by atoms with Crippen LogP contribution in [0, 0.1) is 5.92 Å². The van der Waals surface area contributed by atoms with Gasteiger partial charge in [-0.1, -0.05) is 30.7 Å². The highest BCUT2D eigenvalue weighted by Gasteiger charge is 2.44. The van der Waals surface area contributed by atoms with Crippen LogP contribution in [0.2, 0.25) is 0 Å². The van der Waals surface area contributed by atoms with Gasteiger partial charge in [-0.25, -0.2) is 4.79 Å². The lowest BCUT2D eigenvalue weighted by atomic mass is 9.88. The molecule has 1 rings (SSSR count). The molecule has 16 heavy (non-hydrogen) atoms. The van der Waals surface area contributed by atoms with Crippen molar-refractivity contribution in [3.63, 3.8) is 0 Å². The first kappa shape index (κ1) is 13.6. The van der Waals surface area contributed by atoms with Crippen molar-refractivity contribution in [2.24, 2.45) is 5.92 Å². The van der Waals surface area contributed by atoms with Crippen LogP contribution in [-0.4, -0.2) is 16.4 Å². The fourth-order valence-corrected chi connectivity index (χ4v) is 1.90. The normalized spacial score (nSPS) is 29.9. The van der Waals surface area contributed by atoms with Crippen LogP contribution in [0.1, 0.15) is 27.7 Å². The summed E-state index contributed by atoms with van der Waals surface area (Å²) in [5, 5.41) is 0.559. The fourth-order valence-electron chi connectivity index (χ4n) is 1.37. The van der Waals surface area contributed by atoms with Crippen molar-refractivity contribution >= 4 is 29.2 Å². The highest BCUT2D eigenvalue weighted by atomic mass is 35.5. The molecular formula is C12H16Cl2O2. The molecule has 0 aromatic rings. The van der Waals surface area contributed by atoms with Gasteiger partial charge in [0.05, 0.1) is 0 Å². The number of carbonyl (C=O) groups is 1. The van der Waals surface area contributed by atoms with Crippen LogP contribution in [0.15, 0.2) is 23.3 Å². The Morgan fingerprint density at radius 3 is 2.56 bits per heavy atom. The molecule has 1 aliphatic rings. The Morgan fingerprint density at radius 1 is 1.50 bits per heavy atom. The predicted molar refractivity (Wildman–Crippen MR) is 66.7 cm³/mol. The largest absolute Gasteiger partial charge is 0.458 e. The zero-order chi connectivity index (χ0) is 12.6. The number of esters is 1. The van der Waals surface area contributed by atoms with Crippen molar-refractivity contribution in [2.75, 3.05) is 0 Å². The molecule has 0 amide bonds. The number of halogens is 2. The zero-order valence-electron chi connectivity index (χ0n) is 9.88. The maximum Gasteiger partial charge on any atom is 0.332 e. The fraction of sp³-hybridized carbons (Fsp3) is 0.583. The van der Waals surface area contributed by atoms with Crippen molar-refractivity contribution in [3.8, 4) is 0 Å². The van der Waals surface area contributed by atoms with E-state index in [1.54, 1.807) is 45.9 Å². The van der Waals surface area contributed by atoms with Crippen molar-refractivity contribution < 1.29 is 9.53 Å². The Bertz CT molecular complexity index is 353. The van der Waals surface area contributed by atoms with Gasteiger partial charge in [0, 0.05) is 11.0 Å². The maximum absolute atomic E-state index is 12.0. The summed E-state index contributed by atoms with van der Waals surface area (Å²) in [6, 6.07) is 0. The molecule has 0 aliphatic heterocycles. The molecule has 4 heteroatoms. The van der Waals surface area contributed by atoms with Gasteiger partial charge in [0.25, 0.3) is 0 Å². The smallest absolute Gasteiger partial charge is 0.332 e. The van der Waals surface area contributed by atoms with E-state index in [0.717, 1.165) is 0 Å². The quantitative estimate of drug-likeness (QED) is 0.533. The van der Waals surface area contributed by atoms with E-state index in [0.29, 0.717) is 5.03 Å². The second-order valence-corrected chi connectivity index (χ2v) is 5.96. The van der Waals surface area contributed by atoms with Crippen LogP contribution in [0.5, 0.6) is 0 Å². The standard InChI is InChI=1S/C12H16Cl2O2/c1-8-9(13)6-5-7-12(8,14)10(15)16-11(2,3)4/h5-8H,1-4H3. The predicted octanol–water partition coefficient (Wildman–Crippen LogP) is 3.63. The summed E-state index contributed by atoms with van der Waals surface area (Å²) in [4.78, 5) is 10.8. The molecule has 1 aliphatic carbocycles. The average Bonchev–Trinajstić information content (AvgIpc) is 2.11. The molecule has 0 bridgehead atoms. The summed E-state index contributed by atoms with van der Waals surface area (Å²) in [5.74, 6) is -0.743. The summed E-state index contributed by atoms with van der Waals surface area (Å²) in [6.45, 7) is 7.22. The van der Waals surface area contributed by atoms with Gasteiger partial charge in [-0.15, -0.1) is 11.6 Å². The molecule has 0 saturated carbocycles. The van der Waals surface area contributed by atoms with E-state index >= 15 is 0 Å². The van der Waals surface area contributed by atoms with Crippen LogP contribution >= 0.6 is 23.2 Å². The van der Waals surface area contributed by atoms with Crippen LogP contribution in [0.3, 0.4) is 0 Å². The van der Waals surface area contributed by atoms with Gasteiger partial charge in [-0.2, -0.15) is 0 Å². The van der Waals surface area contributed by atoms with Gasteiger partial charge in [0.1, 0.15) is 5.60 Å². The molecule has 2 atom stereocenters. The zero-order valence-corrected chi connectivity index (χ0v) is 11.4. The first-order chi connectivity index (χ1) is 7.17. The average molecular weight is 263 g/mol. The molecular weight excluding hydrogens is 247 g/mol. The molecule has 0 spiro atoms. The van der Waals surface area contributed by atoms with E-state index in [1.807, 2.05) is 0 Å². The number of hydrogen-bond acceptors (Lipinski definition) is 2. The van der Waals surface area contributed by atoms with E-state index in [9.17, 15) is 4.79 Å². The van der Waals surface area contributed by atoms with Crippen LogP contribution < -0.4 is 0 Å². The van der Waals surface area contributed by atoms with Crippen LogP contribution in [0.25, 0.3) is 0 Å². The highest BCUT2D eigenvalue weighted by Crippen LogP contribution is 2.39. The summed E-state index contributed by atoms with van der Waals surface area (Å²) < 4.78 is 5.29. The topological polar surface area (TPSA) is 26.3 Å². The number of allylic oxidation sites excluding steroid dienone is 3. The maximum atomic E-state index is 12.0. The minimum Gasteiger partial charge on any atom is -0.458 e.